The number of hydrogen-bond donors (Lipinski definition) is 0. The summed E-state index contributed by atoms with van der Waals surface area (Å²) in [6.07, 6.45) is 17.2. The molecule has 9 heteroatoms. The molecule has 2 rings (SSSR count). The van der Waals surface area contributed by atoms with E-state index >= 15 is 0 Å². The van der Waals surface area contributed by atoms with Gasteiger partial charge in [0.25, 0.3) is 0 Å². The van der Waals surface area contributed by atoms with Crippen LogP contribution < -0.4 is 0 Å². The number of likely N-dealkylation sites (tertiary alicyclic amines) is 1. The summed E-state index contributed by atoms with van der Waals surface area (Å²) in [7, 11) is 0.336. The van der Waals surface area contributed by atoms with Crippen LogP contribution in [0.5, 0.6) is 0 Å². The number of nitrogens with zero attached hydrogens (tertiary/aromatic N) is 1. The van der Waals surface area contributed by atoms with Crippen LogP contribution in [0.2, 0.25) is 0 Å². The molecule has 2 fully saturated rings. The van der Waals surface area contributed by atoms with Gasteiger partial charge in [-0.2, -0.15) is 0 Å². The number of quaternary nitrogens is 1. The van der Waals surface area contributed by atoms with Gasteiger partial charge in [-0.1, -0.05) is 90.4 Å². The Labute approximate surface area is 226 Å². The summed E-state index contributed by atoms with van der Waals surface area (Å²) in [5, 5.41) is 0. The highest BCUT2D eigenvalue weighted by atomic mass is 31.2. The van der Waals surface area contributed by atoms with Crippen LogP contribution in [0.1, 0.15) is 117 Å². The lowest BCUT2D eigenvalue weighted by molar-refractivity contribution is -0.920. The number of phosphoric ester groups is 1. The molecule has 0 N–H and O–H groups in total. The molecule has 218 valence electrons. The van der Waals surface area contributed by atoms with Gasteiger partial charge in [0, 0.05) is 20.0 Å². The van der Waals surface area contributed by atoms with Crippen molar-refractivity contribution in [1.29, 1.82) is 0 Å². The Kier molecular flexibility index (Phi) is 15.2. The Hall–Kier alpha value is -0.500. The average Bonchev–Trinajstić information content (AvgIpc) is 3.31. The zero-order valence-electron chi connectivity index (χ0n) is 24.3. The lowest BCUT2D eigenvalue weighted by Crippen LogP contribution is -2.46. The molecular weight excluding hydrogens is 493 g/mol. The van der Waals surface area contributed by atoms with Crippen molar-refractivity contribution in [2.45, 2.75) is 142 Å². The van der Waals surface area contributed by atoms with Gasteiger partial charge in [-0.05, 0) is 13.3 Å². The summed E-state index contributed by atoms with van der Waals surface area (Å²) in [4.78, 5) is 11.6. The molecule has 0 radical (unpaired) electrons. The third kappa shape index (κ3) is 12.5. The predicted octanol–water partition coefficient (Wildman–Crippen LogP) is 7.15. The second-order valence-corrected chi connectivity index (χ2v) is 13.0. The Balaban J connectivity index is 1.53. The molecule has 0 bridgehead atoms. The van der Waals surface area contributed by atoms with E-state index in [2.05, 4.69) is 6.92 Å². The first-order chi connectivity index (χ1) is 17.7. The third-order valence-electron chi connectivity index (χ3n) is 7.56. The van der Waals surface area contributed by atoms with E-state index in [0.717, 1.165) is 25.8 Å². The molecule has 0 aromatic heterocycles. The van der Waals surface area contributed by atoms with Gasteiger partial charge in [0.15, 0.2) is 12.2 Å². The first kappa shape index (κ1) is 32.7. The zero-order valence-corrected chi connectivity index (χ0v) is 25.2. The summed E-state index contributed by atoms with van der Waals surface area (Å²) in [6.45, 7) is 7.01. The van der Waals surface area contributed by atoms with Gasteiger partial charge < -0.3 is 14.0 Å². The highest BCUT2D eigenvalue weighted by molar-refractivity contribution is 7.48. The van der Waals surface area contributed by atoms with Gasteiger partial charge in [-0.25, -0.2) is 9.09 Å². The Morgan fingerprint density at radius 1 is 0.919 bits per heavy atom. The minimum atomic E-state index is -3.72. The van der Waals surface area contributed by atoms with Crippen molar-refractivity contribution < 1.29 is 36.9 Å². The molecule has 2 aliphatic rings. The standard InChI is InChI=1S/C28H55NO7P/c1-6-7-8-9-10-11-12-13-14-15-16-17-18-19-22-32-23-27(33-25(3)30)24(2)34-37(31)35-26-20-21-29(4,5)28(26)36-37/h24,26-28H,6-23H2,1-5H3/q+1. The quantitative estimate of drug-likeness (QED) is 0.0652. The maximum Gasteiger partial charge on any atom is 0.480 e. The van der Waals surface area contributed by atoms with Crippen LogP contribution in [-0.2, 0) is 32.4 Å². The number of hydrogen-bond acceptors (Lipinski definition) is 7. The van der Waals surface area contributed by atoms with Gasteiger partial charge in [0.05, 0.1) is 27.2 Å². The van der Waals surface area contributed by atoms with Crippen LogP contribution in [0.15, 0.2) is 0 Å². The van der Waals surface area contributed by atoms with Gasteiger partial charge in [0.2, 0.25) is 6.23 Å². The van der Waals surface area contributed by atoms with Gasteiger partial charge >= 0.3 is 13.8 Å². The fourth-order valence-corrected chi connectivity index (χ4v) is 7.09. The predicted molar refractivity (Wildman–Crippen MR) is 146 cm³/mol. The van der Waals surface area contributed by atoms with E-state index in [1.54, 1.807) is 6.92 Å². The number of carbonyl (C=O) groups is 1. The molecule has 2 heterocycles. The van der Waals surface area contributed by atoms with E-state index < -0.39 is 26.0 Å². The van der Waals surface area contributed by atoms with Crippen molar-refractivity contribution in [3.63, 3.8) is 0 Å². The maximum atomic E-state index is 13.1. The highest BCUT2D eigenvalue weighted by Gasteiger charge is 2.58. The molecule has 0 amide bonds. The molecule has 5 atom stereocenters. The molecular formula is C28H55NO7P+. The summed E-state index contributed by atoms with van der Waals surface area (Å²) in [5.74, 6) is -0.429. The number of ether oxygens (including phenoxy) is 2. The highest BCUT2D eigenvalue weighted by Crippen LogP contribution is 2.61. The minimum absolute atomic E-state index is 0.188. The molecule has 0 aliphatic carbocycles. The van der Waals surface area contributed by atoms with E-state index in [9.17, 15) is 9.36 Å². The van der Waals surface area contributed by atoms with E-state index in [-0.39, 0.29) is 18.9 Å². The average molecular weight is 549 g/mol. The van der Waals surface area contributed by atoms with E-state index in [1.165, 1.54) is 84.0 Å². The smallest absolute Gasteiger partial charge is 0.457 e. The molecule has 0 saturated carbocycles. The second-order valence-electron chi connectivity index (χ2n) is 11.5. The lowest BCUT2D eigenvalue weighted by Gasteiger charge is -2.29. The summed E-state index contributed by atoms with van der Waals surface area (Å²) in [6, 6.07) is 0. The zero-order chi connectivity index (χ0) is 27.2. The monoisotopic (exact) mass is 548 g/mol. The van der Waals surface area contributed by atoms with Crippen molar-refractivity contribution in [2.75, 3.05) is 33.9 Å². The Morgan fingerprint density at radius 2 is 1.46 bits per heavy atom. The number of esters is 1. The summed E-state index contributed by atoms with van der Waals surface area (Å²) >= 11 is 0. The van der Waals surface area contributed by atoms with Gasteiger partial charge in [0.1, 0.15) is 6.10 Å². The number of carbonyl (C=O) groups excluding carboxylic acids is 1. The maximum absolute atomic E-state index is 13.1. The topological polar surface area (TPSA) is 80.3 Å². The van der Waals surface area contributed by atoms with Crippen molar-refractivity contribution in [3.05, 3.63) is 0 Å². The Morgan fingerprint density at radius 3 is 1.97 bits per heavy atom. The molecule has 2 saturated heterocycles. The van der Waals surface area contributed by atoms with Crippen LogP contribution in [0.25, 0.3) is 0 Å². The molecule has 5 unspecified atom stereocenters. The van der Waals surface area contributed by atoms with Gasteiger partial charge in [-0.15, -0.1) is 0 Å². The molecule has 2 aliphatic heterocycles. The van der Waals surface area contributed by atoms with Crippen LogP contribution in [0.4, 0.5) is 0 Å². The van der Waals surface area contributed by atoms with Crippen molar-refractivity contribution >= 4 is 13.8 Å². The molecule has 8 nitrogen and oxygen atoms in total. The van der Waals surface area contributed by atoms with E-state index in [1.807, 2.05) is 14.1 Å². The molecule has 0 spiro atoms. The van der Waals surface area contributed by atoms with E-state index in [4.69, 9.17) is 23.0 Å². The van der Waals surface area contributed by atoms with Crippen LogP contribution in [0.3, 0.4) is 0 Å². The van der Waals surface area contributed by atoms with Crippen LogP contribution in [-0.4, -0.2) is 68.8 Å². The minimum Gasteiger partial charge on any atom is -0.457 e. The van der Waals surface area contributed by atoms with E-state index in [0.29, 0.717) is 11.1 Å². The van der Waals surface area contributed by atoms with Crippen molar-refractivity contribution in [3.8, 4) is 0 Å². The number of fused-ring (bicyclic) bond motifs is 1. The number of phosphoric acid groups is 1. The number of rotatable bonds is 21. The normalized spacial score (nSPS) is 26.2. The largest absolute Gasteiger partial charge is 0.480 e. The third-order valence-corrected chi connectivity index (χ3v) is 9.15. The Bertz CT molecular complexity index is 689. The van der Waals surface area contributed by atoms with Crippen LogP contribution >= 0.6 is 7.82 Å². The SMILES string of the molecule is CCCCCCCCCCCCCCCCOCC(OC(C)=O)C(C)OP1(=O)OC2CC[N+](C)(C)C2O1. The fraction of sp³-hybridized carbons (Fsp3) is 0.964. The second kappa shape index (κ2) is 17.2. The summed E-state index contributed by atoms with van der Waals surface area (Å²) in [5.41, 5.74) is 0. The lowest BCUT2D eigenvalue weighted by atomic mass is 10.0. The molecule has 37 heavy (non-hydrogen) atoms. The first-order valence-corrected chi connectivity index (χ1v) is 16.4. The number of likely N-dealkylation sites (N-methyl/N-ethyl adjacent to an activating group) is 1. The fourth-order valence-electron chi connectivity index (χ4n) is 5.20. The van der Waals surface area contributed by atoms with Crippen LogP contribution in [0, 0.1) is 0 Å². The van der Waals surface area contributed by atoms with Crippen molar-refractivity contribution in [2.24, 2.45) is 0 Å². The van der Waals surface area contributed by atoms with Crippen molar-refractivity contribution in [1.82, 2.24) is 0 Å². The first-order valence-electron chi connectivity index (χ1n) is 14.9. The number of unbranched alkanes of at least 4 members (excludes halogenated alkanes) is 13. The molecule has 0 aromatic carbocycles. The van der Waals surface area contributed by atoms with Gasteiger partial charge in [-0.3, -0.25) is 13.8 Å². The summed E-state index contributed by atoms with van der Waals surface area (Å²) < 4.78 is 42.0. The molecule has 0 aromatic rings.